The number of piperazine rings is 1. The summed E-state index contributed by atoms with van der Waals surface area (Å²) in [5.74, 6) is 0.104. The quantitative estimate of drug-likeness (QED) is 0.484. The van der Waals surface area contributed by atoms with E-state index in [1.807, 2.05) is 51.1 Å². The Labute approximate surface area is 191 Å². The Kier molecular flexibility index (Phi) is 5.20. The molecule has 1 aromatic carbocycles. The molecule has 0 radical (unpaired) electrons. The van der Waals surface area contributed by atoms with Gasteiger partial charge in [-0.2, -0.15) is 5.10 Å². The summed E-state index contributed by atoms with van der Waals surface area (Å²) in [6, 6.07) is 13.3. The average molecular weight is 444 g/mol. The molecular formula is C25H25N5O3. The van der Waals surface area contributed by atoms with E-state index in [-0.39, 0.29) is 11.8 Å². The number of furan rings is 1. The Hall–Kier alpha value is -3.94. The molecular weight excluding hydrogens is 418 g/mol. The highest BCUT2D eigenvalue weighted by Gasteiger charge is 2.29. The summed E-state index contributed by atoms with van der Waals surface area (Å²) in [5.41, 5.74) is 4.85. The maximum absolute atomic E-state index is 13.6. The summed E-state index contributed by atoms with van der Waals surface area (Å²) >= 11 is 0. The largest absolute Gasteiger partial charge is 0.459 e. The molecule has 8 nitrogen and oxygen atoms in total. The molecule has 0 unspecified atom stereocenters. The lowest BCUT2D eigenvalue weighted by molar-refractivity contribution is 0.0519. The van der Waals surface area contributed by atoms with Crippen molar-refractivity contribution in [1.82, 2.24) is 24.6 Å². The first kappa shape index (κ1) is 20.9. The van der Waals surface area contributed by atoms with E-state index in [1.165, 1.54) is 6.26 Å². The van der Waals surface area contributed by atoms with E-state index < -0.39 is 0 Å². The summed E-state index contributed by atoms with van der Waals surface area (Å²) in [4.78, 5) is 34.3. The Balaban J connectivity index is 1.43. The fourth-order valence-corrected chi connectivity index (χ4v) is 4.29. The molecule has 1 aliphatic heterocycles. The van der Waals surface area contributed by atoms with Gasteiger partial charge in [0.15, 0.2) is 11.4 Å². The van der Waals surface area contributed by atoms with E-state index in [4.69, 9.17) is 14.5 Å². The Morgan fingerprint density at radius 1 is 0.909 bits per heavy atom. The highest BCUT2D eigenvalue weighted by Crippen LogP contribution is 2.26. The van der Waals surface area contributed by atoms with E-state index in [9.17, 15) is 9.59 Å². The summed E-state index contributed by atoms with van der Waals surface area (Å²) < 4.78 is 7.02. The van der Waals surface area contributed by atoms with Crippen molar-refractivity contribution in [3.63, 3.8) is 0 Å². The first-order valence-corrected chi connectivity index (χ1v) is 11.0. The minimum absolute atomic E-state index is 0.0675. The van der Waals surface area contributed by atoms with Gasteiger partial charge in [0, 0.05) is 31.9 Å². The molecule has 0 bridgehead atoms. The lowest BCUT2D eigenvalue weighted by Crippen LogP contribution is -2.50. The second-order valence-electron chi connectivity index (χ2n) is 8.40. The van der Waals surface area contributed by atoms with Crippen molar-refractivity contribution in [3.8, 4) is 5.69 Å². The molecule has 1 aliphatic rings. The molecule has 4 heterocycles. The zero-order valence-electron chi connectivity index (χ0n) is 18.9. The van der Waals surface area contributed by atoms with E-state index in [1.54, 1.807) is 26.6 Å². The minimum Gasteiger partial charge on any atom is -0.459 e. The Morgan fingerprint density at radius 2 is 1.58 bits per heavy atom. The van der Waals surface area contributed by atoms with Gasteiger partial charge in [-0.1, -0.05) is 17.7 Å². The van der Waals surface area contributed by atoms with Crippen molar-refractivity contribution in [2.24, 2.45) is 0 Å². The van der Waals surface area contributed by atoms with Crippen LogP contribution in [0.25, 0.3) is 16.7 Å². The van der Waals surface area contributed by atoms with Crippen molar-refractivity contribution in [3.05, 3.63) is 77.0 Å². The van der Waals surface area contributed by atoms with E-state index in [2.05, 4.69) is 0 Å². The second-order valence-corrected chi connectivity index (χ2v) is 8.40. The second kappa shape index (κ2) is 8.20. The van der Waals surface area contributed by atoms with Gasteiger partial charge in [-0.15, -0.1) is 0 Å². The molecule has 0 N–H and O–H groups in total. The number of nitrogens with zero attached hydrogens (tertiary/aromatic N) is 5. The number of carbonyl (C=O) groups excluding carboxylic acids is 2. The third kappa shape index (κ3) is 3.77. The van der Waals surface area contributed by atoms with Crippen LogP contribution >= 0.6 is 0 Å². The van der Waals surface area contributed by atoms with Crippen LogP contribution in [0.1, 0.15) is 37.9 Å². The number of hydrogen-bond acceptors (Lipinski definition) is 5. The van der Waals surface area contributed by atoms with Crippen LogP contribution in [0.3, 0.4) is 0 Å². The predicted octanol–water partition coefficient (Wildman–Crippen LogP) is 3.54. The summed E-state index contributed by atoms with van der Waals surface area (Å²) in [6.45, 7) is 7.66. The number of aromatic nitrogens is 3. The maximum atomic E-state index is 13.6. The number of fused-ring (bicyclic) bond motifs is 1. The molecule has 3 aromatic heterocycles. The molecule has 1 fully saturated rings. The van der Waals surface area contributed by atoms with Crippen LogP contribution in [0.5, 0.6) is 0 Å². The van der Waals surface area contributed by atoms with Crippen LogP contribution < -0.4 is 0 Å². The normalized spacial score (nSPS) is 14.2. The van der Waals surface area contributed by atoms with E-state index >= 15 is 0 Å². The highest BCUT2D eigenvalue weighted by atomic mass is 16.3. The maximum Gasteiger partial charge on any atom is 0.289 e. The van der Waals surface area contributed by atoms with Crippen LogP contribution in [0.2, 0.25) is 0 Å². The predicted molar refractivity (Wildman–Crippen MR) is 124 cm³/mol. The molecule has 0 atom stereocenters. The van der Waals surface area contributed by atoms with Crippen molar-refractivity contribution in [2.75, 3.05) is 26.2 Å². The molecule has 4 aromatic rings. The van der Waals surface area contributed by atoms with Crippen LogP contribution in [0, 0.1) is 20.8 Å². The zero-order valence-corrected chi connectivity index (χ0v) is 18.9. The monoisotopic (exact) mass is 443 g/mol. The van der Waals surface area contributed by atoms with Crippen LogP contribution in [0.15, 0.2) is 53.1 Å². The smallest absolute Gasteiger partial charge is 0.289 e. The van der Waals surface area contributed by atoms with E-state index in [0.717, 1.165) is 28.0 Å². The first-order chi connectivity index (χ1) is 15.9. The average Bonchev–Trinajstić information content (AvgIpc) is 3.47. The molecule has 5 rings (SSSR count). The highest BCUT2D eigenvalue weighted by molar-refractivity contribution is 6.07. The molecule has 1 saturated heterocycles. The van der Waals surface area contributed by atoms with Gasteiger partial charge < -0.3 is 14.2 Å². The zero-order chi connectivity index (χ0) is 23.1. The van der Waals surface area contributed by atoms with Gasteiger partial charge >= 0.3 is 0 Å². The number of hydrogen-bond donors (Lipinski definition) is 0. The fraction of sp³-hybridized carbons (Fsp3) is 0.280. The van der Waals surface area contributed by atoms with Gasteiger partial charge in [0.2, 0.25) is 0 Å². The summed E-state index contributed by atoms with van der Waals surface area (Å²) in [5, 5.41) is 5.47. The third-order valence-electron chi connectivity index (χ3n) is 6.04. The third-order valence-corrected chi connectivity index (χ3v) is 6.04. The molecule has 8 heteroatoms. The standard InChI is InChI=1S/C25H25N5O3/c1-16-6-8-19(9-7-16)30-23-22(18(3)27-30)20(15-17(2)26-23)24(31)28-10-12-29(13-11-28)25(32)21-5-4-14-33-21/h4-9,14-15H,10-13H2,1-3H3. The number of carbonyl (C=O) groups is 2. The van der Waals surface area contributed by atoms with Gasteiger partial charge in [0.05, 0.1) is 28.6 Å². The number of pyridine rings is 1. The lowest BCUT2D eigenvalue weighted by atomic mass is 10.1. The first-order valence-electron chi connectivity index (χ1n) is 11.0. The van der Waals surface area contributed by atoms with Crippen molar-refractivity contribution in [1.29, 1.82) is 0 Å². The Bertz CT molecular complexity index is 1330. The Morgan fingerprint density at radius 3 is 2.21 bits per heavy atom. The number of benzene rings is 1. The van der Waals surface area contributed by atoms with Gasteiger partial charge in [0.25, 0.3) is 11.8 Å². The SMILES string of the molecule is Cc1ccc(-n2nc(C)c3c(C(=O)N4CCN(C(=O)c5ccco5)CC4)cc(C)nc32)cc1. The van der Waals surface area contributed by atoms with Crippen LogP contribution in [0.4, 0.5) is 0 Å². The lowest BCUT2D eigenvalue weighted by Gasteiger charge is -2.34. The van der Waals surface area contributed by atoms with Crippen molar-refractivity contribution >= 4 is 22.8 Å². The molecule has 0 saturated carbocycles. The fourth-order valence-electron chi connectivity index (χ4n) is 4.29. The number of amides is 2. The van der Waals surface area contributed by atoms with Crippen LogP contribution in [-0.2, 0) is 0 Å². The van der Waals surface area contributed by atoms with Crippen LogP contribution in [-0.4, -0.2) is 62.6 Å². The van der Waals surface area contributed by atoms with Gasteiger partial charge in [-0.25, -0.2) is 9.67 Å². The summed E-state index contributed by atoms with van der Waals surface area (Å²) in [6.07, 6.45) is 1.49. The van der Waals surface area contributed by atoms with Gasteiger partial charge in [0.1, 0.15) is 0 Å². The minimum atomic E-state index is -0.149. The van der Waals surface area contributed by atoms with E-state index in [0.29, 0.717) is 43.1 Å². The molecule has 33 heavy (non-hydrogen) atoms. The molecule has 0 aliphatic carbocycles. The molecule has 2 amide bonds. The number of aryl methyl sites for hydroxylation is 3. The topological polar surface area (TPSA) is 84.5 Å². The molecule has 0 spiro atoms. The van der Waals surface area contributed by atoms with Crippen molar-refractivity contribution in [2.45, 2.75) is 20.8 Å². The number of rotatable bonds is 3. The van der Waals surface area contributed by atoms with Crippen molar-refractivity contribution < 1.29 is 14.0 Å². The molecule has 168 valence electrons. The van der Waals surface area contributed by atoms with Gasteiger partial charge in [-0.05, 0) is 51.1 Å². The van der Waals surface area contributed by atoms with Gasteiger partial charge in [-0.3, -0.25) is 9.59 Å². The summed E-state index contributed by atoms with van der Waals surface area (Å²) in [7, 11) is 0.